The van der Waals surface area contributed by atoms with Gasteiger partial charge in [-0.05, 0) is 66.0 Å². The molecule has 0 aromatic heterocycles. The number of nitrogens with one attached hydrogen (secondary N) is 3. The highest BCUT2D eigenvalue weighted by molar-refractivity contribution is 7.80. The fraction of sp³-hybridized carbons (Fsp3) is 0.348. The molecule has 8 heteroatoms. The second-order valence-electron chi connectivity index (χ2n) is 7.70. The van der Waals surface area contributed by atoms with E-state index >= 15 is 0 Å². The van der Waals surface area contributed by atoms with Gasteiger partial charge in [0, 0.05) is 5.56 Å². The molecule has 0 aliphatic heterocycles. The number of carbonyl (C=O) groups excluding carboxylic acids is 2. The quantitative estimate of drug-likeness (QED) is 0.427. The van der Waals surface area contributed by atoms with E-state index in [0.29, 0.717) is 35.5 Å². The monoisotopic (exact) mass is 443 g/mol. The molecule has 2 amide bonds. The third-order valence-electron chi connectivity index (χ3n) is 4.16. The largest absolute Gasteiger partial charge is 0.493 e. The topological polar surface area (TPSA) is 88.7 Å². The van der Waals surface area contributed by atoms with Gasteiger partial charge in [0.15, 0.2) is 11.7 Å². The fourth-order valence-electron chi connectivity index (χ4n) is 2.43. The van der Waals surface area contributed by atoms with Gasteiger partial charge in [0.1, 0.15) is 11.5 Å². The first-order valence-electron chi connectivity index (χ1n) is 10.1. The van der Waals surface area contributed by atoms with Crippen molar-refractivity contribution in [1.82, 2.24) is 16.2 Å². The molecule has 0 saturated carbocycles. The Morgan fingerprint density at radius 1 is 0.871 bits per heavy atom. The van der Waals surface area contributed by atoms with Gasteiger partial charge in [-0.3, -0.25) is 25.8 Å². The SMILES string of the molecule is CC(C)COc1ccc(C(=O)NC(=S)NNC(=O)COc2ccc(C(C)C)cc2)cc1. The molecule has 0 atom stereocenters. The van der Waals surface area contributed by atoms with E-state index < -0.39 is 11.8 Å². The Morgan fingerprint density at radius 2 is 1.45 bits per heavy atom. The summed E-state index contributed by atoms with van der Waals surface area (Å²) in [7, 11) is 0. The summed E-state index contributed by atoms with van der Waals surface area (Å²) in [6.07, 6.45) is 0. The predicted octanol–water partition coefficient (Wildman–Crippen LogP) is 3.56. The molecular weight excluding hydrogens is 414 g/mol. The second-order valence-corrected chi connectivity index (χ2v) is 8.11. The summed E-state index contributed by atoms with van der Waals surface area (Å²) in [5, 5.41) is 2.47. The van der Waals surface area contributed by atoms with Gasteiger partial charge in [0.05, 0.1) is 6.61 Å². The lowest BCUT2D eigenvalue weighted by Gasteiger charge is -2.12. The Balaban J connectivity index is 1.71. The number of thiocarbonyl (C=S) groups is 1. The highest BCUT2D eigenvalue weighted by Gasteiger charge is 2.10. The lowest BCUT2D eigenvalue weighted by Crippen LogP contribution is -2.49. The molecule has 0 fully saturated rings. The summed E-state index contributed by atoms with van der Waals surface area (Å²) < 4.78 is 11.0. The normalized spacial score (nSPS) is 10.5. The molecule has 0 radical (unpaired) electrons. The first-order chi connectivity index (χ1) is 14.7. The highest BCUT2D eigenvalue weighted by Crippen LogP contribution is 2.18. The Bertz CT molecular complexity index is 881. The van der Waals surface area contributed by atoms with Crippen LogP contribution in [0.5, 0.6) is 11.5 Å². The zero-order valence-electron chi connectivity index (χ0n) is 18.2. The van der Waals surface area contributed by atoms with E-state index in [-0.39, 0.29) is 11.7 Å². The van der Waals surface area contributed by atoms with Crippen LogP contribution in [0.25, 0.3) is 0 Å². The van der Waals surface area contributed by atoms with Gasteiger partial charge >= 0.3 is 0 Å². The van der Waals surface area contributed by atoms with Crippen molar-refractivity contribution in [1.29, 1.82) is 0 Å². The molecule has 7 nitrogen and oxygen atoms in total. The summed E-state index contributed by atoms with van der Waals surface area (Å²) in [5.41, 5.74) is 6.48. The van der Waals surface area contributed by atoms with Gasteiger partial charge in [0.25, 0.3) is 11.8 Å². The van der Waals surface area contributed by atoms with Gasteiger partial charge < -0.3 is 9.47 Å². The first kappa shape index (κ1) is 24.1. The summed E-state index contributed by atoms with van der Waals surface area (Å²) in [5.74, 6) is 1.29. The summed E-state index contributed by atoms with van der Waals surface area (Å²) >= 11 is 5.04. The lowest BCUT2D eigenvalue weighted by atomic mass is 10.0. The number of hydrazine groups is 1. The average molecular weight is 444 g/mol. The number of amides is 2. The minimum absolute atomic E-state index is 0.0280. The fourth-order valence-corrected chi connectivity index (χ4v) is 2.58. The van der Waals surface area contributed by atoms with Crippen LogP contribution in [0.3, 0.4) is 0 Å². The third kappa shape index (κ3) is 8.64. The van der Waals surface area contributed by atoms with Gasteiger partial charge in [-0.1, -0.05) is 39.8 Å². The van der Waals surface area contributed by atoms with E-state index in [4.69, 9.17) is 21.7 Å². The summed E-state index contributed by atoms with van der Waals surface area (Å²) in [6, 6.07) is 14.3. The van der Waals surface area contributed by atoms with Gasteiger partial charge in [0.2, 0.25) is 0 Å². The van der Waals surface area contributed by atoms with Crippen LogP contribution in [-0.4, -0.2) is 30.1 Å². The van der Waals surface area contributed by atoms with E-state index in [1.54, 1.807) is 24.3 Å². The Morgan fingerprint density at radius 3 is 2.03 bits per heavy atom. The maximum atomic E-state index is 12.2. The van der Waals surface area contributed by atoms with Crippen molar-refractivity contribution in [2.45, 2.75) is 33.6 Å². The summed E-state index contributed by atoms with van der Waals surface area (Å²) in [4.78, 5) is 24.2. The molecule has 0 aliphatic carbocycles. The summed E-state index contributed by atoms with van der Waals surface area (Å²) in [6.45, 7) is 8.74. The van der Waals surface area contributed by atoms with Gasteiger partial charge in [-0.15, -0.1) is 0 Å². The highest BCUT2D eigenvalue weighted by atomic mass is 32.1. The maximum absolute atomic E-state index is 12.2. The second kappa shape index (κ2) is 11.9. The van der Waals surface area contributed by atoms with Crippen molar-refractivity contribution in [3.05, 3.63) is 59.7 Å². The molecule has 0 aliphatic rings. The number of rotatable bonds is 8. The van der Waals surface area contributed by atoms with Crippen LogP contribution in [0.2, 0.25) is 0 Å². The number of hydrogen-bond acceptors (Lipinski definition) is 5. The standard InChI is InChI=1S/C23H29N3O4S/c1-15(2)13-29-19-11-7-18(8-12-19)22(28)24-23(31)26-25-21(27)14-30-20-9-5-17(6-10-20)16(3)4/h5-12,15-16H,13-14H2,1-4H3,(H,25,27)(H2,24,26,28,31). The molecule has 2 aromatic rings. The predicted molar refractivity (Wildman–Crippen MR) is 124 cm³/mol. The number of ether oxygens (including phenoxy) is 2. The molecule has 2 rings (SSSR count). The van der Waals surface area contributed by atoms with E-state index in [2.05, 4.69) is 43.9 Å². The molecule has 0 spiro atoms. The van der Waals surface area contributed by atoms with E-state index in [9.17, 15) is 9.59 Å². The van der Waals surface area contributed by atoms with Gasteiger partial charge in [-0.2, -0.15) is 0 Å². The average Bonchev–Trinajstić information content (AvgIpc) is 2.75. The zero-order valence-corrected chi connectivity index (χ0v) is 19.0. The van der Waals surface area contributed by atoms with Crippen LogP contribution in [0.1, 0.15) is 49.5 Å². The van der Waals surface area contributed by atoms with Crippen molar-refractivity contribution in [2.24, 2.45) is 5.92 Å². The minimum Gasteiger partial charge on any atom is -0.493 e. The van der Waals surface area contributed by atoms with Crippen LogP contribution in [-0.2, 0) is 4.79 Å². The van der Waals surface area contributed by atoms with Crippen molar-refractivity contribution < 1.29 is 19.1 Å². The molecule has 0 unspecified atom stereocenters. The molecule has 0 saturated heterocycles. The Kier molecular flexibility index (Phi) is 9.27. The van der Waals surface area contributed by atoms with Crippen LogP contribution in [0.4, 0.5) is 0 Å². The Labute approximate surface area is 188 Å². The number of benzene rings is 2. The van der Waals surface area contributed by atoms with Crippen molar-refractivity contribution >= 4 is 29.1 Å². The van der Waals surface area contributed by atoms with E-state index in [1.807, 2.05) is 24.3 Å². The van der Waals surface area contributed by atoms with E-state index in [0.717, 1.165) is 0 Å². The molecule has 2 aromatic carbocycles. The molecule has 31 heavy (non-hydrogen) atoms. The lowest BCUT2D eigenvalue weighted by molar-refractivity contribution is -0.123. The third-order valence-corrected chi connectivity index (χ3v) is 4.36. The first-order valence-corrected chi connectivity index (χ1v) is 10.5. The maximum Gasteiger partial charge on any atom is 0.276 e. The zero-order chi connectivity index (χ0) is 22.8. The molecular formula is C23H29N3O4S. The van der Waals surface area contributed by atoms with Crippen molar-refractivity contribution in [2.75, 3.05) is 13.2 Å². The van der Waals surface area contributed by atoms with E-state index in [1.165, 1.54) is 5.56 Å². The minimum atomic E-state index is -0.434. The molecule has 166 valence electrons. The molecule has 0 bridgehead atoms. The van der Waals surface area contributed by atoms with Crippen molar-refractivity contribution in [3.63, 3.8) is 0 Å². The molecule has 3 N–H and O–H groups in total. The smallest absolute Gasteiger partial charge is 0.276 e. The molecule has 0 heterocycles. The number of hydrogen-bond donors (Lipinski definition) is 3. The van der Waals surface area contributed by atoms with Crippen LogP contribution < -0.4 is 25.6 Å². The van der Waals surface area contributed by atoms with Crippen LogP contribution >= 0.6 is 12.2 Å². The van der Waals surface area contributed by atoms with Crippen LogP contribution in [0.15, 0.2) is 48.5 Å². The van der Waals surface area contributed by atoms with Crippen molar-refractivity contribution in [3.8, 4) is 11.5 Å². The Hall–Kier alpha value is -3.13. The number of carbonyl (C=O) groups is 2. The van der Waals surface area contributed by atoms with Gasteiger partial charge in [-0.25, -0.2) is 0 Å². The van der Waals surface area contributed by atoms with Crippen LogP contribution in [0, 0.1) is 5.92 Å².